The van der Waals surface area contributed by atoms with Gasteiger partial charge in [0.25, 0.3) is 0 Å². The Morgan fingerprint density at radius 1 is 1.00 bits per heavy atom. The third kappa shape index (κ3) is 3.91. The number of amides is 2. The molecule has 0 radical (unpaired) electrons. The zero-order chi connectivity index (χ0) is 24.6. The molecule has 0 spiro atoms. The average Bonchev–Trinajstić information content (AvgIpc) is 3.64. The Bertz CT molecular complexity index is 1360. The molecule has 4 aromatic rings. The highest BCUT2D eigenvalue weighted by Gasteiger charge is 2.36. The Kier molecular flexibility index (Phi) is 5.88. The van der Waals surface area contributed by atoms with Crippen LogP contribution in [0.2, 0.25) is 0 Å². The molecule has 0 saturated heterocycles. The molecule has 1 aliphatic heterocycles. The second-order valence-corrected chi connectivity index (χ2v) is 9.99. The van der Waals surface area contributed by atoms with Gasteiger partial charge in [-0.3, -0.25) is 0 Å². The fourth-order valence-corrected chi connectivity index (χ4v) is 5.76. The van der Waals surface area contributed by atoms with Crippen LogP contribution in [0.1, 0.15) is 66.7 Å². The van der Waals surface area contributed by atoms with Gasteiger partial charge >= 0.3 is 6.03 Å². The molecule has 1 saturated carbocycles. The van der Waals surface area contributed by atoms with E-state index in [1.54, 1.807) is 0 Å². The lowest BCUT2D eigenvalue weighted by molar-refractivity contribution is 0.176. The maximum Gasteiger partial charge on any atom is 0.318 e. The Morgan fingerprint density at radius 2 is 1.75 bits per heavy atom. The van der Waals surface area contributed by atoms with Crippen LogP contribution in [0.25, 0.3) is 11.5 Å². The number of aryl methyl sites for hydroxylation is 2. The average molecular weight is 480 g/mol. The van der Waals surface area contributed by atoms with Crippen LogP contribution in [-0.4, -0.2) is 31.3 Å². The quantitative estimate of drug-likeness (QED) is 0.385. The van der Waals surface area contributed by atoms with Crippen LogP contribution in [0.5, 0.6) is 0 Å². The van der Waals surface area contributed by atoms with Gasteiger partial charge in [0.05, 0.1) is 29.7 Å². The van der Waals surface area contributed by atoms with Crippen molar-refractivity contribution in [2.75, 3.05) is 0 Å². The van der Waals surface area contributed by atoms with Crippen LogP contribution < -0.4 is 5.32 Å². The monoisotopic (exact) mass is 479 g/mol. The summed E-state index contributed by atoms with van der Waals surface area (Å²) < 4.78 is 4.24. The summed E-state index contributed by atoms with van der Waals surface area (Å²) in [5.74, 6) is 1.00. The first-order valence-corrected chi connectivity index (χ1v) is 13.1. The molecule has 6 nitrogen and oxygen atoms in total. The highest BCUT2D eigenvalue weighted by atomic mass is 16.2. The van der Waals surface area contributed by atoms with Crippen molar-refractivity contribution in [2.24, 2.45) is 0 Å². The van der Waals surface area contributed by atoms with Gasteiger partial charge in [0.2, 0.25) is 0 Å². The summed E-state index contributed by atoms with van der Waals surface area (Å²) in [5, 5.41) is 8.30. The van der Waals surface area contributed by atoms with E-state index in [1.807, 2.05) is 34.7 Å². The third-order valence-electron chi connectivity index (χ3n) is 7.73. The third-order valence-corrected chi connectivity index (χ3v) is 7.73. The van der Waals surface area contributed by atoms with Crippen LogP contribution in [0, 0.1) is 6.92 Å². The topological polar surface area (TPSA) is 55.1 Å². The summed E-state index contributed by atoms with van der Waals surface area (Å²) in [6.07, 6.45) is 7.57. The van der Waals surface area contributed by atoms with E-state index in [-0.39, 0.29) is 18.1 Å². The van der Waals surface area contributed by atoms with Gasteiger partial charge in [0.1, 0.15) is 5.82 Å². The molecule has 6 heteroatoms. The Morgan fingerprint density at radius 3 is 2.47 bits per heavy atom. The number of hydrogen-bond donors (Lipinski definition) is 1. The maximum absolute atomic E-state index is 13.9. The lowest BCUT2D eigenvalue weighted by atomic mass is 9.99. The summed E-state index contributed by atoms with van der Waals surface area (Å²) >= 11 is 0. The maximum atomic E-state index is 13.9. The fourth-order valence-electron chi connectivity index (χ4n) is 5.76. The largest absolute Gasteiger partial charge is 0.335 e. The Balaban J connectivity index is 1.52. The Hall–Kier alpha value is -3.80. The molecule has 1 aliphatic carbocycles. The molecule has 2 aromatic carbocycles. The molecule has 1 fully saturated rings. The molecule has 184 valence electrons. The van der Waals surface area contributed by atoms with E-state index in [4.69, 9.17) is 5.10 Å². The SMILES string of the molecule is CCc1ccc([C@H]2c3cccn3-c3c(c(C)nn3-c3ccccc3)CN2C(=O)NC2CCCC2)cc1. The summed E-state index contributed by atoms with van der Waals surface area (Å²) in [7, 11) is 0. The van der Waals surface area contributed by atoms with Gasteiger partial charge in [-0.15, -0.1) is 0 Å². The van der Waals surface area contributed by atoms with Gasteiger partial charge in [-0.2, -0.15) is 5.10 Å². The molecular formula is C30H33N5O. The van der Waals surface area contributed by atoms with E-state index in [0.717, 1.165) is 53.3 Å². The van der Waals surface area contributed by atoms with Gasteiger partial charge in [-0.05, 0) is 61.6 Å². The molecule has 2 aromatic heterocycles. The van der Waals surface area contributed by atoms with Crippen molar-refractivity contribution in [3.63, 3.8) is 0 Å². The highest BCUT2D eigenvalue weighted by Crippen LogP contribution is 2.38. The fraction of sp³-hybridized carbons (Fsp3) is 0.333. The second kappa shape index (κ2) is 9.34. The predicted molar refractivity (Wildman–Crippen MR) is 142 cm³/mol. The number of urea groups is 1. The molecule has 2 amide bonds. The summed E-state index contributed by atoms with van der Waals surface area (Å²) in [6, 6.07) is 23.2. The summed E-state index contributed by atoms with van der Waals surface area (Å²) in [5.41, 5.74) is 6.50. The standard InChI is InChI=1S/C30H33N5O/c1-3-22-15-17-23(18-16-22)28-27-14-9-19-33(27)29-26(20-34(28)30(36)31-24-10-7-8-11-24)21(2)32-35(29)25-12-5-4-6-13-25/h4-6,9,12-19,24,28H,3,7-8,10-11,20H2,1-2H3,(H,31,36)/t28-/m0/s1. The lowest BCUT2D eigenvalue weighted by Gasteiger charge is -2.32. The molecule has 0 bridgehead atoms. The zero-order valence-electron chi connectivity index (χ0n) is 21.0. The van der Waals surface area contributed by atoms with Gasteiger partial charge < -0.3 is 14.8 Å². The normalized spacial score (nSPS) is 17.5. The van der Waals surface area contributed by atoms with Crippen molar-refractivity contribution in [3.05, 3.63) is 101 Å². The number of carbonyl (C=O) groups is 1. The molecule has 2 aliphatic rings. The number of benzene rings is 2. The number of hydrogen-bond acceptors (Lipinski definition) is 2. The van der Waals surface area contributed by atoms with Crippen molar-refractivity contribution in [1.29, 1.82) is 0 Å². The van der Waals surface area contributed by atoms with Gasteiger partial charge in [-0.25, -0.2) is 9.48 Å². The number of rotatable bonds is 4. The van der Waals surface area contributed by atoms with Crippen LogP contribution >= 0.6 is 0 Å². The molecule has 6 rings (SSSR count). The second-order valence-electron chi connectivity index (χ2n) is 9.99. The molecule has 1 N–H and O–H groups in total. The minimum Gasteiger partial charge on any atom is -0.335 e. The minimum absolute atomic E-state index is 0.000992. The van der Waals surface area contributed by atoms with E-state index in [9.17, 15) is 4.79 Å². The van der Waals surface area contributed by atoms with E-state index in [1.165, 1.54) is 18.4 Å². The van der Waals surface area contributed by atoms with Crippen LogP contribution in [0.4, 0.5) is 4.79 Å². The van der Waals surface area contributed by atoms with Gasteiger partial charge in [0.15, 0.2) is 0 Å². The number of nitrogens with zero attached hydrogens (tertiary/aromatic N) is 4. The highest BCUT2D eigenvalue weighted by molar-refractivity contribution is 5.76. The van der Waals surface area contributed by atoms with Crippen molar-refractivity contribution in [1.82, 2.24) is 24.6 Å². The number of para-hydroxylation sites is 1. The number of nitrogens with one attached hydrogen (secondary N) is 1. The molecule has 36 heavy (non-hydrogen) atoms. The molecular weight excluding hydrogens is 446 g/mol. The number of carbonyl (C=O) groups excluding carboxylic acids is 1. The van der Waals surface area contributed by atoms with Crippen LogP contribution in [0.15, 0.2) is 72.9 Å². The Labute approximate surface area is 212 Å². The van der Waals surface area contributed by atoms with Crippen LogP contribution in [0.3, 0.4) is 0 Å². The molecule has 1 atom stereocenters. The van der Waals surface area contributed by atoms with E-state index >= 15 is 0 Å². The van der Waals surface area contributed by atoms with Gasteiger partial charge in [-0.1, -0.05) is 62.2 Å². The predicted octanol–water partition coefficient (Wildman–Crippen LogP) is 6.09. The van der Waals surface area contributed by atoms with Crippen LogP contribution in [-0.2, 0) is 13.0 Å². The lowest BCUT2D eigenvalue weighted by Crippen LogP contribution is -2.45. The summed E-state index contributed by atoms with van der Waals surface area (Å²) in [6.45, 7) is 4.71. The zero-order valence-corrected chi connectivity index (χ0v) is 21.0. The van der Waals surface area contributed by atoms with E-state index < -0.39 is 0 Å². The van der Waals surface area contributed by atoms with Crippen molar-refractivity contribution >= 4 is 6.03 Å². The summed E-state index contributed by atoms with van der Waals surface area (Å²) in [4.78, 5) is 15.9. The minimum atomic E-state index is -0.205. The molecule has 3 heterocycles. The van der Waals surface area contributed by atoms with E-state index in [0.29, 0.717) is 6.54 Å². The van der Waals surface area contributed by atoms with Crippen molar-refractivity contribution in [2.45, 2.75) is 64.6 Å². The number of fused-ring (bicyclic) bond motifs is 3. The first-order valence-electron chi connectivity index (χ1n) is 13.1. The number of aromatic nitrogens is 3. The smallest absolute Gasteiger partial charge is 0.318 e. The first-order chi connectivity index (χ1) is 17.6. The molecule has 0 unspecified atom stereocenters. The van der Waals surface area contributed by atoms with Crippen molar-refractivity contribution < 1.29 is 4.79 Å². The first kappa shape index (κ1) is 22.7. The van der Waals surface area contributed by atoms with E-state index in [2.05, 4.69) is 71.5 Å². The van der Waals surface area contributed by atoms with Crippen molar-refractivity contribution in [3.8, 4) is 11.5 Å². The van der Waals surface area contributed by atoms with Gasteiger partial charge in [0, 0.05) is 17.8 Å².